The summed E-state index contributed by atoms with van der Waals surface area (Å²) in [6.07, 6.45) is 1.28. The van der Waals surface area contributed by atoms with Gasteiger partial charge in [-0.1, -0.05) is 36.4 Å². The second kappa shape index (κ2) is 10.6. The number of aromatic nitrogens is 1. The lowest BCUT2D eigenvalue weighted by atomic mass is 10.1. The number of hydrogen-bond donors (Lipinski definition) is 3. The van der Waals surface area contributed by atoms with Crippen molar-refractivity contribution in [3.05, 3.63) is 72.1 Å². The first-order valence-electron chi connectivity index (χ1n) is 10.4. The average molecular weight is 407 g/mol. The van der Waals surface area contributed by atoms with Gasteiger partial charge in [0.05, 0.1) is 24.4 Å². The molecular formula is C24H30N4O2. The van der Waals surface area contributed by atoms with Gasteiger partial charge in [0.2, 0.25) is 0 Å². The minimum absolute atomic E-state index is 0.123. The number of hydrogen-bond acceptors (Lipinski definition) is 4. The molecule has 3 rings (SSSR count). The normalized spacial score (nSPS) is 12.8. The summed E-state index contributed by atoms with van der Waals surface area (Å²) in [6.45, 7) is 7.51. The van der Waals surface area contributed by atoms with E-state index in [0.29, 0.717) is 19.0 Å². The molecule has 0 saturated heterocycles. The minimum Gasteiger partial charge on any atom is -0.491 e. The summed E-state index contributed by atoms with van der Waals surface area (Å²) < 4.78 is 5.65. The molecule has 0 saturated carbocycles. The van der Waals surface area contributed by atoms with Crippen molar-refractivity contribution in [2.24, 2.45) is 4.99 Å². The molecule has 0 aliphatic carbocycles. The zero-order chi connectivity index (χ0) is 21.3. The number of rotatable bonds is 8. The Labute approximate surface area is 178 Å². The van der Waals surface area contributed by atoms with Gasteiger partial charge in [-0.2, -0.15) is 0 Å². The Kier molecular flexibility index (Phi) is 7.63. The molecule has 3 N–H and O–H groups in total. The van der Waals surface area contributed by atoms with E-state index in [1.54, 1.807) is 0 Å². The highest BCUT2D eigenvalue weighted by Crippen LogP contribution is 2.19. The highest BCUT2D eigenvalue weighted by atomic mass is 16.5. The zero-order valence-electron chi connectivity index (χ0n) is 17.8. The lowest BCUT2D eigenvalue weighted by Crippen LogP contribution is -2.39. The van der Waals surface area contributed by atoms with Gasteiger partial charge in [0.25, 0.3) is 0 Å². The molecule has 3 aromatic rings. The number of pyridine rings is 1. The van der Waals surface area contributed by atoms with Gasteiger partial charge >= 0.3 is 0 Å². The van der Waals surface area contributed by atoms with E-state index in [4.69, 9.17) is 4.74 Å². The van der Waals surface area contributed by atoms with Crippen molar-refractivity contribution in [2.45, 2.75) is 39.5 Å². The van der Waals surface area contributed by atoms with Crippen molar-refractivity contribution in [1.29, 1.82) is 0 Å². The van der Waals surface area contributed by atoms with Gasteiger partial charge in [0.15, 0.2) is 5.96 Å². The second-order valence-corrected chi connectivity index (χ2v) is 7.31. The molecule has 6 heteroatoms. The van der Waals surface area contributed by atoms with E-state index < -0.39 is 6.10 Å². The van der Waals surface area contributed by atoms with E-state index in [1.165, 1.54) is 0 Å². The molecule has 0 aliphatic heterocycles. The molecule has 1 atom stereocenters. The summed E-state index contributed by atoms with van der Waals surface area (Å²) in [5.41, 5.74) is 1.75. The predicted molar refractivity (Wildman–Crippen MR) is 122 cm³/mol. The molecule has 30 heavy (non-hydrogen) atoms. The maximum absolute atomic E-state index is 10.5. The molecule has 0 bridgehead atoms. The van der Waals surface area contributed by atoms with Crippen LogP contribution in [0.1, 0.15) is 38.1 Å². The monoisotopic (exact) mass is 406 g/mol. The SMILES string of the molecule is CCNC(=NCc1nccc2ccccc12)NCC(O)c1ccc(OC(C)C)cc1. The van der Waals surface area contributed by atoms with Crippen molar-refractivity contribution in [1.82, 2.24) is 15.6 Å². The third-order valence-corrected chi connectivity index (χ3v) is 4.59. The van der Waals surface area contributed by atoms with Crippen molar-refractivity contribution in [2.75, 3.05) is 13.1 Å². The van der Waals surface area contributed by atoms with Crippen LogP contribution in [0.25, 0.3) is 10.8 Å². The minimum atomic E-state index is -0.655. The molecule has 0 fully saturated rings. The highest BCUT2D eigenvalue weighted by molar-refractivity contribution is 5.85. The summed E-state index contributed by atoms with van der Waals surface area (Å²) in [4.78, 5) is 9.13. The van der Waals surface area contributed by atoms with Gasteiger partial charge in [-0.3, -0.25) is 4.98 Å². The third kappa shape index (κ3) is 5.94. The van der Waals surface area contributed by atoms with Crippen molar-refractivity contribution < 1.29 is 9.84 Å². The Morgan fingerprint density at radius 2 is 1.83 bits per heavy atom. The number of aliphatic imine (C=N–C) groups is 1. The van der Waals surface area contributed by atoms with Crippen molar-refractivity contribution >= 4 is 16.7 Å². The Balaban J connectivity index is 1.63. The lowest BCUT2D eigenvalue weighted by Gasteiger charge is -2.16. The van der Waals surface area contributed by atoms with E-state index >= 15 is 0 Å². The zero-order valence-corrected chi connectivity index (χ0v) is 17.8. The van der Waals surface area contributed by atoms with Crippen LogP contribution in [-0.4, -0.2) is 35.2 Å². The van der Waals surface area contributed by atoms with E-state index in [-0.39, 0.29) is 6.10 Å². The van der Waals surface area contributed by atoms with Gasteiger partial charge in [-0.25, -0.2) is 4.99 Å². The maximum atomic E-state index is 10.5. The van der Waals surface area contributed by atoms with Gasteiger partial charge in [-0.15, -0.1) is 0 Å². The lowest BCUT2D eigenvalue weighted by molar-refractivity contribution is 0.180. The van der Waals surface area contributed by atoms with Crippen LogP contribution < -0.4 is 15.4 Å². The van der Waals surface area contributed by atoms with Crippen LogP contribution in [0.5, 0.6) is 5.75 Å². The maximum Gasteiger partial charge on any atom is 0.191 e. The Morgan fingerprint density at radius 3 is 2.57 bits per heavy atom. The van der Waals surface area contributed by atoms with Crippen LogP contribution >= 0.6 is 0 Å². The number of nitrogens with zero attached hydrogens (tertiary/aromatic N) is 2. The molecule has 1 aromatic heterocycles. The fourth-order valence-electron chi connectivity index (χ4n) is 3.16. The standard InChI is InChI=1S/C24H30N4O2/c1-4-25-24(27-15-22-21-8-6-5-7-18(21)13-14-26-22)28-16-23(29)19-9-11-20(12-10-19)30-17(2)3/h5-14,17,23,29H,4,15-16H2,1-3H3,(H2,25,27,28). The first kappa shape index (κ1) is 21.6. The van der Waals surface area contributed by atoms with Gasteiger partial charge in [0, 0.05) is 24.7 Å². The molecule has 2 aromatic carbocycles. The second-order valence-electron chi connectivity index (χ2n) is 7.31. The fourth-order valence-corrected chi connectivity index (χ4v) is 3.16. The summed E-state index contributed by atoms with van der Waals surface area (Å²) in [6, 6.07) is 17.7. The molecule has 0 radical (unpaired) electrons. The van der Waals surface area contributed by atoms with Gasteiger partial charge in [0.1, 0.15) is 5.75 Å². The largest absolute Gasteiger partial charge is 0.491 e. The van der Waals surface area contributed by atoms with Gasteiger partial charge in [-0.05, 0) is 49.9 Å². The Hall–Kier alpha value is -3.12. The van der Waals surface area contributed by atoms with Crippen LogP contribution in [0.15, 0.2) is 65.8 Å². The van der Waals surface area contributed by atoms with Crippen LogP contribution in [0.3, 0.4) is 0 Å². The molecule has 1 unspecified atom stereocenters. The van der Waals surface area contributed by atoms with Crippen molar-refractivity contribution in [3.8, 4) is 5.75 Å². The van der Waals surface area contributed by atoms with E-state index in [9.17, 15) is 5.11 Å². The molecule has 1 heterocycles. The summed E-state index contributed by atoms with van der Waals surface area (Å²) in [5.74, 6) is 1.44. The van der Waals surface area contributed by atoms with E-state index in [0.717, 1.165) is 34.3 Å². The van der Waals surface area contributed by atoms with Crippen LogP contribution in [-0.2, 0) is 6.54 Å². The van der Waals surface area contributed by atoms with Gasteiger partial charge < -0.3 is 20.5 Å². The first-order valence-corrected chi connectivity index (χ1v) is 10.4. The first-order chi connectivity index (χ1) is 14.6. The van der Waals surface area contributed by atoms with Crippen LogP contribution in [0.2, 0.25) is 0 Å². The quantitative estimate of drug-likeness (QED) is 0.392. The topological polar surface area (TPSA) is 78.8 Å². The number of aliphatic hydroxyl groups excluding tert-OH is 1. The number of ether oxygens (including phenoxy) is 1. The number of nitrogens with one attached hydrogen (secondary N) is 2. The molecule has 6 nitrogen and oxygen atoms in total. The number of benzene rings is 2. The smallest absolute Gasteiger partial charge is 0.191 e. The molecule has 0 aliphatic rings. The molecule has 0 amide bonds. The number of aliphatic hydroxyl groups is 1. The van der Waals surface area contributed by atoms with Crippen LogP contribution in [0, 0.1) is 0 Å². The number of guanidine groups is 1. The molecule has 0 spiro atoms. The fraction of sp³-hybridized carbons (Fsp3) is 0.333. The summed E-state index contributed by atoms with van der Waals surface area (Å²) in [7, 11) is 0. The van der Waals surface area contributed by atoms with E-state index in [2.05, 4.69) is 32.7 Å². The predicted octanol–water partition coefficient (Wildman–Crippen LogP) is 3.81. The highest BCUT2D eigenvalue weighted by Gasteiger charge is 2.10. The Morgan fingerprint density at radius 1 is 1.07 bits per heavy atom. The average Bonchev–Trinajstić information content (AvgIpc) is 2.75. The summed E-state index contributed by atoms with van der Waals surface area (Å²) in [5, 5.41) is 19.2. The van der Waals surface area contributed by atoms with E-state index in [1.807, 2.05) is 69.4 Å². The third-order valence-electron chi connectivity index (χ3n) is 4.59. The van der Waals surface area contributed by atoms with Crippen molar-refractivity contribution in [3.63, 3.8) is 0 Å². The van der Waals surface area contributed by atoms with Crippen LogP contribution in [0.4, 0.5) is 0 Å². The molecular weight excluding hydrogens is 376 g/mol. The Bertz CT molecular complexity index is 965. The summed E-state index contributed by atoms with van der Waals surface area (Å²) >= 11 is 0. The number of fused-ring (bicyclic) bond motifs is 1. The molecule has 158 valence electrons.